The monoisotopic (exact) mass is 284 g/mol. The van der Waals surface area contributed by atoms with Gasteiger partial charge in [0.25, 0.3) is 5.69 Å². The second-order valence-electron chi connectivity index (χ2n) is 3.10. The molecule has 0 bridgehead atoms. The minimum Gasteiger partial charge on any atom is -0.408 e. The van der Waals surface area contributed by atoms with Crippen molar-refractivity contribution in [2.24, 2.45) is 0 Å². The molecule has 6 nitrogen and oxygen atoms in total. The number of nitro benzene ring substituents is 1. The van der Waals surface area contributed by atoms with Crippen LogP contribution in [0.2, 0.25) is 0 Å². The lowest BCUT2D eigenvalue weighted by atomic mass is 10.2. The van der Waals surface area contributed by atoms with Crippen LogP contribution in [0.25, 0.3) is 10.9 Å². The molecule has 0 unspecified atom stereocenters. The second kappa shape index (κ2) is 3.67. The number of benzene rings is 1. The Morgan fingerprint density at radius 3 is 2.81 bits per heavy atom. The number of halogens is 1. The van der Waals surface area contributed by atoms with E-state index in [0.717, 1.165) is 0 Å². The van der Waals surface area contributed by atoms with Gasteiger partial charge in [-0.15, -0.1) is 0 Å². The van der Waals surface area contributed by atoms with Crippen molar-refractivity contribution >= 4 is 32.5 Å². The third kappa shape index (κ3) is 1.69. The maximum absolute atomic E-state index is 11.5. The largest absolute Gasteiger partial charge is 0.408 e. The highest BCUT2D eigenvalue weighted by Gasteiger charge is 2.18. The maximum atomic E-state index is 11.5. The molecule has 0 aliphatic heterocycles. The van der Waals surface area contributed by atoms with Gasteiger partial charge < -0.3 is 4.42 Å². The molecule has 0 saturated carbocycles. The fraction of sp³-hybridized carbons (Fsp3) is 0.111. The Kier molecular flexibility index (Phi) is 2.47. The summed E-state index contributed by atoms with van der Waals surface area (Å²) in [5, 5.41) is 10.7. The van der Waals surface area contributed by atoms with Crippen LogP contribution in [0.15, 0.2) is 25.8 Å². The third-order valence-corrected chi connectivity index (χ3v) is 2.44. The smallest absolute Gasteiger partial charge is 0.353 e. The quantitative estimate of drug-likeness (QED) is 0.592. The normalized spacial score (nSPS) is 10.6. The van der Waals surface area contributed by atoms with E-state index < -0.39 is 10.5 Å². The van der Waals surface area contributed by atoms with Crippen molar-refractivity contribution in [3.05, 3.63) is 43.0 Å². The van der Waals surface area contributed by atoms with E-state index in [4.69, 9.17) is 4.42 Å². The van der Waals surface area contributed by atoms with Crippen molar-refractivity contribution in [2.45, 2.75) is 6.92 Å². The lowest BCUT2D eigenvalue weighted by Gasteiger charge is -1.99. The number of aryl methyl sites for hydroxylation is 1. The van der Waals surface area contributed by atoms with E-state index in [1.807, 2.05) is 0 Å². The van der Waals surface area contributed by atoms with Gasteiger partial charge in [0.15, 0.2) is 11.3 Å². The minimum atomic E-state index is -0.748. The number of fused-ring (bicyclic) bond motifs is 1. The molecule has 1 heterocycles. The van der Waals surface area contributed by atoms with Crippen molar-refractivity contribution in [1.29, 1.82) is 0 Å². The number of hydrogen-bond donors (Lipinski definition) is 0. The van der Waals surface area contributed by atoms with E-state index >= 15 is 0 Å². The van der Waals surface area contributed by atoms with Crippen molar-refractivity contribution in [3.8, 4) is 0 Å². The van der Waals surface area contributed by atoms with E-state index in [-0.39, 0.29) is 22.5 Å². The second-order valence-corrected chi connectivity index (χ2v) is 4.01. The van der Waals surface area contributed by atoms with Gasteiger partial charge in [-0.1, -0.05) is 15.9 Å². The lowest BCUT2D eigenvalue weighted by molar-refractivity contribution is -0.383. The first kappa shape index (κ1) is 10.7. The Morgan fingerprint density at radius 1 is 1.50 bits per heavy atom. The average molecular weight is 285 g/mol. The molecule has 0 fully saturated rings. The molecule has 1 aromatic carbocycles. The Labute approximate surface area is 97.2 Å². The molecule has 16 heavy (non-hydrogen) atoms. The number of nitro groups is 1. The van der Waals surface area contributed by atoms with Gasteiger partial charge in [-0.3, -0.25) is 10.1 Å². The van der Waals surface area contributed by atoms with E-state index in [9.17, 15) is 14.9 Å². The number of rotatable bonds is 1. The zero-order valence-corrected chi connectivity index (χ0v) is 9.65. The molecule has 0 saturated heterocycles. The molecule has 0 amide bonds. The van der Waals surface area contributed by atoms with Crippen LogP contribution in [0.1, 0.15) is 5.89 Å². The van der Waals surface area contributed by atoms with Crippen LogP contribution in [0, 0.1) is 17.0 Å². The zero-order chi connectivity index (χ0) is 11.9. The first-order valence-electron chi connectivity index (χ1n) is 4.24. The first-order chi connectivity index (χ1) is 7.49. The van der Waals surface area contributed by atoms with Crippen molar-refractivity contribution < 1.29 is 9.34 Å². The summed E-state index contributed by atoms with van der Waals surface area (Å²) in [6.45, 7) is 1.51. The summed E-state index contributed by atoms with van der Waals surface area (Å²) in [6, 6.07) is 2.78. The molecule has 7 heteroatoms. The summed E-state index contributed by atoms with van der Waals surface area (Å²) in [4.78, 5) is 25.6. The fourth-order valence-corrected chi connectivity index (χ4v) is 1.83. The molecular formula is C9H5BrN2O4. The van der Waals surface area contributed by atoms with Gasteiger partial charge in [0.05, 0.1) is 10.4 Å². The summed E-state index contributed by atoms with van der Waals surface area (Å²) >= 11 is 3.12. The average Bonchev–Trinajstić information content (AvgIpc) is 2.14. The lowest BCUT2D eigenvalue weighted by Crippen LogP contribution is -2.06. The molecule has 0 aliphatic carbocycles. The molecule has 1 aromatic heterocycles. The number of non-ortho nitro benzene ring substituents is 1. The highest BCUT2D eigenvalue weighted by Crippen LogP contribution is 2.26. The van der Waals surface area contributed by atoms with Gasteiger partial charge in [0.2, 0.25) is 0 Å². The molecular weight excluding hydrogens is 280 g/mol. The van der Waals surface area contributed by atoms with Crippen LogP contribution in [-0.2, 0) is 0 Å². The Bertz CT molecular complexity index is 644. The molecule has 0 atom stereocenters. The number of hydrogen-bond acceptors (Lipinski definition) is 5. The van der Waals surface area contributed by atoms with Crippen LogP contribution in [0.3, 0.4) is 0 Å². The topological polar surface area (TPSA) is 86.2 Å². The van der Waals surface area contributed by atoms with Gasteiger partial charge in [-0.25, -0.2) is 9.78 Å². The Hall–Kier alpha value is -1.76. The number of aromatic nitrogens is 1. The van der Waals surface area contributed by atoms with Gasteiger partial charge in [-0.05, 0) is 6.07 Å². The molecule has 0 N–H and O–H groups in total. The maximum Gasteiger partial charge on any atom is 0.353 e. The summed E-state index contributed by atoms with van der Waals surface area (Å²) in [6.07, 6.45) is 0. The van der Waals surface area contributed by atoms with Crippen molar-refractivity contribution in [3.63, 3.8) is 0 Å². The van der Waals surface area contributed by atoms with Gasteiger partial charge >= 0.3 is 5.63 Å². The molecule has 2 rings (SSSR count). The molecule has 0 radical (unpaired) electrons. The highest BCUT2D eigenvalue weighted by atomic mass is 79.9. The van der Waals surface area contributed by atoms with Crippen LogP contribution in [0.5, 0.6) is 0 Å². The molecule has 82 valence electrons. The summed E-state index contributed by atoms with van der Waals surface area (Å²) in [5.41, 5.74) is -0.817. The van der Waals surface area contributed by atoms with Gasteiger partial charge in [0.1, 0.15) is 0 Å². The molecule has 0 aliphatic rings. The Morgan fingerprint density at radius 2 is 2.19 bits per heavy atom. The van der Waals surface area contributed by atoms with Crippen LogP contribution in [0.4, 0.5) is 5.69 Å². The SMILES string of the molecule is Cc1nc2cc(Br)cc([N+](=O)[O-])c2c(=O)o1. The van der Waals surface area contributed by atoms with Gasteiger partial charge in [0, 0.05) is 17.5 Å². The van der Waals surface area contributed by atoms with Crippen molar-refractivity contribution in [1.82, 2.24) is 4.98 Å². The fourth-order valence-electron chi connectivity index (χ4n) is 1.40. The van der Waals surface area contributed by atoms with E-state index in [1.165, 1.54) is 19.1 Å². The molecule has 0 spiro atoms. The van der Waals surface area contributed by atoms with Crippen molar-refractivity contribution in [2.75, 3.05) is 0 Å². The van der Waals surface area contributed by atoms with E-state index in [0.29, 0.717) is 4.47 Å². The van der Waals surface area contributed by atoms with Crippen LogP contribution in [-0.4, -0.2) is 9.91 Å². The summed E-state index contributed by atoms with van der Waals surface area (Å²) < 4.78 is 5.22. The molecule has 2 aromatic rings. The number of nitrogens with zero attached hydrogens (tertiary/aromatic N) is 2. The van der Waals surface area contributed by atoms with Crippen LogP contribution < -0.4 is 5.63 Å². The summed E-state index contributed by atoms with van der Waals surface area (Å²) in [5.74, 6) is 0.171. The predicted molar refractivity (Wildman–Crippen MR) is 59.4 cm³/mol. The summed E-state index contributed by atoms with van der Waals surface area (Å²) in [7, 11) is 0. The van der Waals surface area contributed by atoms with E-state index in [1.54, 1.807) is 0 Å². The first-order valence-corrected chi connectivity index (χ1v) is 5.04. The Balaban J connectivity index is 3.01. The zero-order valence-electron chi connectivity index (χ0n) is 8.06. The van der Waals surface area contributed by atoms with E-state index in [2.05, 4.69) is 20.9 Å². The van der Waals surface area contributed by atoms with Gasteiger partial charge in [-0.2, -0.15) is 0 Å². The highest BCUT2D eigenvalue weighted by molar-refractivity contribution is 9.10. The van der Waals surface area contributed by atoms with Crippen LogP contribution >= 0.6 is 15.9 Å². The standard InChI is InChI=1S/C9H5BrN2O4/c1-4-11-6-2-5(10)3-7(12(14)15)8(6)9(13)16-4/h2-3H,1H3. The predicted octanol–water partition coefficient (Wildman–Crippen LogP) is 2.17. The third-order valence-electron chi connectivity index (χ3n) is 1.98. The minimum absolute atomic E-state index is 0.112.